The molecular weight excluding hydrogens is 780 g/mol. The van der Waals surface area contributed by atoms with Crippen LogP contribution in [0.2, 0.25) is 0 Å². The van der Waals surface area contributed by atoms with Gasteiger partial charge in [0.15, 0.2) is 22.9 Å². The van der Waals surface area contributed by atoms with Gasteiger partial charge in [-0.1, -0.05) is 36.4 Å². The van der Waals surface area contributed by atoms with Gasteiger partial charge in [-0.2, -0.15) is 36.5 Å². The number of alkyl halides is 6. The third kappa shape index (κ3) is 9.89. The smallest absolute Gasteiger partial charge is 0.380 e. The maximum Gasteiger partial charge on any atom is 0.407 e. The SMILES string of the molecule is [C-]#[N+]c1ccc(CC(=O)[C@@](C)(O)Cn2cc3cc(F)ccc3n2)cc1C(F)(F)F.[C-]#[N+]c1ccc(CC(=O)[C@@](C)(O)Cn2ncc3cc(F)ccc32)cc1C(F)(F)F. The van der Waals surface area contributed by atoms with Crippen molar-refractivity contribution in [1.29, 1.82) is 0 Å². The molecule has 0 spiro atoms. The number of carbonyl (C=O) groups is 2. The van der Waals surface area contributed by atoms with Gasteiger partial charge in [-0.15, -0.1) is 0 Å². The van der Waals surface area contributed by atoms with Crippen molar-refractivity contribution < 1.29 is 54.9 Å². The first kappa shape index (κ1) is 42.6. The Morgan fingerprint density at radius 1 is 0.690 bits per heavy atom. The maximum atomic E-state index is 13.3. The second kappa shape index (κ2) is 16.2. The average molecular weight is 811 g/mol. The summed E-state index contributed by atoms with van der Waals surface area (Å²) in [6.07, 6.45) is -7.52. The van der Waals surface area contributed by atoms with E-state index < -0.39 is 82.1 Å². The van der Waals surface area contributed by atoms with Crippen LogP contribution in [0.1, 0.15) is 36.1 Å². The Hall–Kier alpha value is -6.50. The summed E-state index contributed by atoms with van der Waals surface area (Å²) in [5.74, 6) is -2.34. The molecule has 2 atom stereocenters. The number of benzene rings is 4. The average Bonchev–Trinajstić information content (AvgIpc) is 3.72. The molecular formula is C40H30F8N6O4. The first-order valence-electron chi connectivity index (χ1n) is 16.9. The van der Waals surface area contributed by atoms with Gasteiger partial charge >= 0.3 is 12.4 Å². The molecule has 0 amide bonds. The van der Waals surface area contributed by atoms with E-state index in [9.17, 15) is 54.9 Å². The molecule has 0 bridgehead atoms. The van der Waals surface area contributed by atoms with E-state index in [2.05, 4.69) is 19.9 Å². The first-order valence-corrected chi connectivity index (χ1v) is 16.9. The van der Waals surface area contributed by atoms with E-state index in [1.54, 1.807) is 0 Å². The summed E-state index contributed by atoms with van der Waals surface area (Å²) in [4.78, 5) is 30.8. The van der Waals surface area contributed by atoms with Gasteiger partial charge in [0, 0.05) is 29.8 Å². The van der Waals surface area contributed by atoms with Crippen molar-refractivity contribution >= 4 is 44.7 Å². The van der Waals surface area contributed by atoms with Gasteiger partial charge in [0.25, 0.3) is 0 Å². The predicted octanol–water partition coefficient (Wildman–Crippen LogP) is 8.62. The molecule has 10 nitrogen and oxygen atoms in total. The molecule has 58 heavy (non-hydrogen) atoms. The molecule has 2 aromatic heterocycles. The van der Waals surface area contributed by atoms with Gasteiger partial charge in [0.2, 0.25) is 0 Å². The summed E-state index contributed by atoms with van der Waals surface area (Å²) in [6.45, 7) is 15.7. The van der Waals surface area contributed by atoms with Crippen molar-refractivity contribution in [2.24, 2.45) is 0 Å². The number of hydrogen-bond acceptors (Lipinski definition) is 6. The number of ketones is 2. The van der Waals surface area contributed by atoms with E-state index in [4.69, 9.17) is 13.1 Å². The van der Waals surface area contributed by atoms with Gasteiger partial charge in [-0.25, -0.2) is 18.5 Å². The van der Waals surface area contributed by atoms with Crippen LogP contribution in [0.25, 0.3) is 31.5 Å². The summed E-state index contributed by atoms with van der Waals surface area (Å²) in [6, 6.07) is 13.9. The highest BCUT2D eigenvalue weighted by Crippen LogP contribution is 2.38. The third-order valence-corrected chi connectivity index (χ3v) is 8.95. The van der Waals surface area contributed by atoms with Crippen molar-refractivity contribution in [2.45, 2.75) is 63.3 Å². The Morgan fingerprint density at radius 3 is 1.67 bits per heavy atom. The molecule has 0 saturated carbocycles. The summed E-state index contributed by atoms with van der Waals surface area (Å²) >= 11 is 0. The number of Topliss-reactive ketones (excluding diaryl/α,β-unsaturated/α-hetero) is 2. The molecule has 0 aliphatic rings. The molecule has 4 aromatic carbocycles. The van der Waals surface area contributed by atoms with Gasteiger partial charge in [0.1, 0.15) is 22.8 Å². The van der Waals surface area contributed by atoms with Crippen molar-refractivity contribution in [3.8, 4) is 0 Å². The lowest BCUT2D eigenvalue weighted by molar-refractivity contribution is -0.138. The molecule has 6 rings (SSSR count). The maximum absolute atomic E-state index is 13.3. The highest BCUT2D eigenvalue weighted by Gasteiger charge is 2.37. The van der Waals surface area contributed by atoms with E-state index in [1.807, 2.05) is 0 Å². The number of carbonyl (C=O) groups excluding carboxylic acids is 2. The lowest BCUT2D eigenvalue weighted by Crippen LogP contribution is -2.41. The number of nitrogens with zero attached hydrogens (tertiary/aromatic N) is 6. The lowest BCUT2D eigenvalue weighted by atomic mass is 9.94. The fourth-order valence-electron chi connectivity index (χ4n) is 5.88. The van der Waals surface area contributed by atoms with Gasteiger partial charge in [0.05, 0.1) is 54.6 Å². The van der Waals surface area contributed by atoms with Crippen LogP contribution >= 0.6 is 0 Å². The minimum absolute atomic E-state index is 0.0300. The summed E-state index contributed by atoms with van der Waals surface area (Å²) < 4.78 is 108. The number of rotatable bonds is 10. The van der Waals surface area contributed by atoms with E-state index in [1.165, 1.54) is 84.1 Å². The Balaban J connectivity index is 0.000000221. The normalized spacial score (nSPS) is 13.8. The van der Waals surface area contributed by atoms with Crippen LogP contribution in [0, 0.1) is 24.8 Å². The number of hydrogen-bond donors (Lipinski definition) is 2. The van der Waals surface area contributed by atoms with Crippen molar-refractivity contribution in [2.75, 3.05) is 0 Å². The lowest BCUT2D eigenvalue weighted by Gasteiger charge is -2.22. The van der Waals surface area contributed by atoms with Crippen molar-refractivity contribution in [1.82, 2.24) is 19.6 Å². The zero-order valence-corrected chi connectivity index (χ0v) is 30.3. The minimum atomic E-state index is -4.73. The Kier molecular flexibility index (Phi) is 11.9. The Labute approximate surface area is 324 Å². The van der Waals surface area contributed by atoms with Crippen LogP contribution in [-0.4, -0.2) is 52.5 Å². The number of halogens is 8. The molecule has 18 heteroatoms. The monoisotopic (exact) mass is 810 g/mol. The van der Waals surface area contributed by atoms with Crippen LogP contribution < -0.4 is 0 Å². The van der Waals surface area contributed by atoms with Crippen LogP contribution in [0.3, 0.4) is 0 Å². The highest BCUT2D eigenvalue weighted by molar-refractivity contribution is 5.89. The second-order valence-corrected chi connectivity index (χ2v) is 13.7. The molecule has 0 aliphatic heterocycles. The quantitative estimate of drug-likeness (QED) is 0.106. The Morgan fingerprint density at radius 2 is 1.17 bits per heavy atom. The van der Waals surface area contributed by atoms with Crippen LogP contribution in [-0.2, 0) is 47.9 Å². The van der Waals surface area contributed by atoms with Gasteiger partial charge < -0.3 is 10.2 Å². The van der Waals surface area contributed by atoms with E-state index >= 15 is 0 Å². The molecule has 300 valence electrons. The molecule has 0 saturated heterocycles. The van der Waals surface area contributed by atoms with E-state index in [0.717, 1.165) is 24.3 Å². The van der Waals surface area contributed by atoms with Crippen molar-refractivity contribution in [3.63, 3.8) is 0 Å². The van der Waals surface area contributed by atoms with Crippen LogP contribution in [0.4, 0.5) is 46.5 Å². The summed E-state index contributed by atoms with van der Waals surface area (Å²) in [5, 5.41) is 30.3. The van der Waals surface area contributed by atoms with E-state index in [-0.39, 0.29) is 24.2 Å². The zero-order valence-electron chi connectivity index (χ0n) is 30.3. The van der Waals surface area contributed by atoms with Gasteiger partial charge in [-0.05, 0) is 61.4 Å². The topological polar surface area (TPSA) is 119 Å². The summed E-state index contributed by atoms with van der Waals surface area (Å²) in [7, 11) is 0. The zero-order chi connectivity index (χ0) is 42.8. The Bertz CT molecular complexity index is 2600. The molecule has 2 N–H and O–H groups in total. The molecule has 0 fully saturated rings. The fraction of sp³-hybridized carbons (Fsp3) is 0.250. The van der Waals surface area contributed by atoms with Gasteiger partial charge in [-0.3, -0.25) is 19.0 Å². The van der Waals surface area contributed by atoms with Crippen LogP contribution in [0.15, 0.2) is 85.2 Å². The number of fused-ring (bicyclic) bond motifs is 2. The first-order chi connectivity index (χ1) is 27.0. The molecule has 6 aromatic rings. The molecule has 0 aliphatic carbocycles. The predicted molar refractivity (Wildman–Crippen MR) is 193 cm³/mol. The minimum Gasteiger partial charge on any atom is -0.380 e. The standard InChI is InChI=1S/2C20H15F4N3O2/c1-19(29,11-27-10-13-9-14(21)4-6-16(13)26-27)18(28)8-12-3-5-17(25-2)15(7-12)20(22,23)24;1-19(29,11-27-17-6-4-14(21)9-13(17)10-26-27)18(28)8-12-3-5-16(25-2)15(7-12)20(22,23)24/h2*3-7,9-10,29H,8,11H2,1H3/t2*19-/m00/s1. The number of aliphatic hydroxyl groups is 2. The number of aromatic nitrogens is 4. The fourth-order valence-corrected chi connectivity index (χ4v) is 5.88. The molecule has 0 unspecified atom stereocenters. The second-order valence-electron chi connectivity index (χ2n) is 13.7. The highest BCUT2D eigenvalue weighted by atomic mass is 19.4. The largest absolute Gasteiger partial charge is 0.407 e. The summed E-state index contributed by atoms with van der Waals surface area (Å²) in [5.41, 5.74) is -6.19. The molecule has 2 heterocycles. The van der Waals surface area contributed by atoms with Crippen molar-refractivity contribution in [3.05, 3.63) is 142 Å². The van der Waals surface area contributed by atoms with Crippen LogP contribution in [0.5, 0.6) is 0 Å². The molecule has 0 radical (unpaired) electrons. The van der Waals surface area contributed by atoms with E-state index in [0.29, 0.717) is 21.8 Å². The third-order valence-electron chi connectivity index (χ3n) is 8.95.